The summed E-state index contributed by atoms with van der Waals surface area (Å²) >= 11 is 0. The Hall–Kier alpha value is -2.74. The van der Waals surface area contributed by atoms with Crippen LogP contribution in [0.15, 0.2) is 42.7 Å². The van der Waals surface area contributed by atoms with Crippen LogP contribution in [-0.2, 0) is 0 Å². The number of hydrogen-bond donors (Lipinski definition) is 0. The van der Waals surface area contributed by atoms with Crippen LogP contribution in [0.3, 0.4) is 0 Å². The lowest BCUT2D eigenvalue weighted by Gasteiger charge is -2.19. The van der Waals surface area contributed by atoms with Crippen LogP contribution in [0.2, 0.25) is 0 Å². The van der Waals surface area contributed by atoms with Gasteiger partial charge in [0.2, 0.25) is 0 Å². The van der Waals surface area contributed by atoms with E-state index >= 15 is 0 Å². The van der Waals surface area contributed by atoms with Gasteiger partial charge in [0.15, 0.2) is 6.04 Å². The molecule has 3 rings (SSSR count). The molecule has 0 fully saturated rings. The fourth-order valence-corrected chi connectivity index (χ4v) is 2.23. The van der Waals surface area contributed by atoms with E-state index in [9.17, 15) is 14.4 Å². The van der Waals surface area contributed by atoms with Gasteiger partial charge in [0.25, 0.3) is 5.91 Å². The third-order valence-electron chi connectivity index (χ3n) is 3.06. The highest BCUT2D eigenvalue weighted by molar-refractivity contribution is 6.11. The largest absolute Gasteiger partial charge is 0.286 e. The van der Waals surface area contributed by atoms with Crippen molar-refractivity contribution in [1.29, 1.82) is 5.26 Å². The van der Waals surface area contributed by atoms with Gasteiger partial charge in [0.1, 0.15) is 5.82 Å². The van der Waals surface area contributed by atoms with Crippen LogP contribution in [0.25, 0.3) is 0 Å². The number of pyridine rings is 1. The molecule has 1 aromatic carbocycles. The van der Waals surface area contributed by atoms with Gasteiger partial charge in [-0.3, -0.25) is 14.7 Å². The first kappa shape index (κ1) is 11.4. The second-order valence-corrected chi connectivity index (χ2v) is 4.15. The third kappa shape index (κ3) is 1.66. The van der Waals surface area contributed by atoms with Crippen molar-refractivity contribution in [3.63, 3.8) is 0 Å². The minimum atomic E-state index is -0.817. The van der Waals surface area contributed by atoms with E-state index in [0.29, 0.717) is 16.8 Å². The van der Waals surface area contributed by atoms with Gasteiger partial charge >= 0.3 is 0 Å². The van der Waals surface area contributed by atoms with Crippen LogP contribution in [0.1, 0.15) is 22.0 Å². The molecule has 0 saturated carbocycles. The van der Waals surface area contributed by atoms with E-state index in [0.717, 1.165) is 0 Å². The highest BCUT2D eigenvalue weighted by Gasteiger charge is 2.38. The maximum absolute atomic E-state index is 13.3. The summed E-state index contributed by atoms with van der Waals surface area (Å²) in [7, 11) is 0. The number of fused-ring (bicyclic) bond motifs is 1. The molecular formula is C14H8FN3O. The third-order valence-corrected chi connectivity index (χ3v) is 3.06. The number of benzene rings is 1. The summed E-state index contributed by atoms with van der Waals surface area (Å²) in [5, 5.41) is 9.27. The Morgan fingerprint density at radius 2 is 2.21 bits per heavy atom. The molecule has 0 bridgehead atoms. The van der Waals surface area contributed by atoms with Crippen LogP contribution in [0.5, 0.6) is 0 Å². The number of amides is 1. The van der Waals surface area contributed by atoms with Crippen LogP contribution in [-0.4, -0.2) is 10.9 Å². The second-order valence-electron chi connectivity index (χ2n) is 4.15. The monoisotopic (exact) mass is 253 g/mol. The van der Waals surface area contributed by atoms with Crippen LogP contribution in [0, 0.1) is 17.1 Å². The first-order valence-electron chi connectivity index (χ1n) is 5.65. The van der Waals surface area contributed by atoms with Gasteiger partial charge < -0.3 is 0 Å². The summed E-state index contributed by atoms with van der Waals surface area (Å²) in [6.45, 7) is 0. The fraction of sp³-hybridized carbons (Fsp3) is 0.0714. The minimum absolute atomic E-state index is 0.311. The molecule has 92 valence electrons. The SMILES string of the molecule is N#CC1c2cc(F)ccc2C(=O)N1c1cccnc1. The lowest BCUT2D eigenvalue weighted by molar-refractivity contribution is 0.0994. The lowest BCUT2D eigenvalue weighted by atomic mass is 10.1. The molecule has 4 nitrogen and oxygen atoms in total. The molecule has 1 aromatic heterocycles. The molecule has 1 aliphatic heterocycles. The molecule has 2 aromatic rings. The normalized spacial score (nSPS) is 17.2. The smallest absolute Gasteiger partial charge is 0.260 e. The van der Waals surface area contributed by atoms with Gasteiger partial charge in [-0.05, 0) is 30.3 Å². The van der Waals surface area contributed by atoms with E-state index < -0.39 is 11.9 Å². The molecule has 1 amide bonds. The van der Waals surface area contributed by atoms with Crippen molar-refractivity contribution in [3.05, 3.63) is 59.7 Å². The Morgan fingerprint density at radius 3 is 2.89 bits per heavy atom. The fourth-order valence-electron chi connectivity index (χ4n) is 2.23. The zero-order valence-corrected chi connectivity index (χ0v) is 9.75. The summed E-state index contributed by atoms with van der Waals surface area (Å²) in [4.78, 5) is 17.6. The van der Waals surface area contributed by atoms with Crippen molar-refractivity contribution in [2.24, 2.45) is 0 Å². The summed E-state index contributed by atoms with van der Waals surface area (Å²) in [5.41, 5.74) is 1.28. The zero-order valence-electron chi connectivity index (χ0n) is 9.75. The maximum atomic E-state index is 13.3. The van der Waals surface area contributed by atoms with E-state index in [2.05, 4.69) is 4.98 Å². The molecule has 0 radical (unpaired) electrons. The van der Waals surface area contributed by atoms with Gasteiger partial charge in [0, 0.05) is 17.3 Å². The Kier molecular flexibility index (Phi) is 2.50. The Balaban J connectivity index is 2.16. The average molecular weight is 253 g/mol. The van der Waals surface area contributed by atoms with E-state index in [4.69, 9.17) is 0 Å². The Bertz CT molecular complexity index is 694. The maximum Gasteiger partial charge on any atom is 0.260 e. The molecule has 19 heavy (non-hydrogen) atoms. The number of anilines is 1. The Labute approximate surface area is 108 Å². The van der Waals surface area contributed by atoms with E-state index in [1.807, 2.05) is 6.07 Å². The number of nitriles is 1. The van der Waals surface area contributed by atoms with Crippen molar-refractivity contribution >= 4 is 11.6 Å². The summed E-state index contributed by atoms with van der Waals surface area (Å²) in [6.07, 6.45) is 3.09. The van der Waals surface area contributed by atoms with E-state index in [1.165, 1.54) is 29.3 Å². The standard InChI is InChI=1S/C14H8FN3O/c15-9-3-4-11-12(6-9)13(7-16)18(14(11)19)10-2-1-5-17-8-10/h1-6,8,13H. The zero-order chi connectivity index (χ0) is 13.4. The summed E-state index contributed by atoms with van der Waals surface area (Å²) in [5.74, 6) is -0.769. The van der Waals surface area contributed by atoms with E-state index in [1.54, 1.807) is 18.3 Å². The molecule has 1 aliphatic rings. The quantitative estimate of drug-likeness (QED) is 0.784. The molecule has 0 spiro atoms. The summed E-state index contributed by atoms with van der Waals surface area (Å²) < 4.78 is 13.3. The van der Waals surface area contributed by atoms with Gasteiger partial charge in [-0.25, -0.2) is 4.39 Å². The van der Waals surface area contributed by atoms with Crippen LogP contribution in [0.4, 0.5) is 10.1 Å². The topological polar surface area (TPSA) is 57.0 Å². The van der Waals surface area contributed by atoms with Crippen molar-refractivity contribution in [3.8, 4) is 6.07 Å². The van der Waals surface area contributed by atoms with Crippen molar-refractivity contribution in [2.45, 2.75) is 6.04 Å². The number of hydrogen-bond acceptors (Lipinski definition) is 3. The predicted molar refractivity (Wildman–Crippen MR) is 65.8 cm³/mol. The van der Waals surface area contributed by atoms with Gasteiger partial charge in [-0.2, -0.15) is 5.26 Å². The second kappa shape index (κ2) is 4.18. The lowest BCUT2D eigenvalue weighted by Crippen LogP contribution is -2.26. The number of aromatic nitrogens is 1. The number of rotatable bonds is 1. The molecule has 1 unspecified atom stereocenters. The van der Waals surface area contributed by atoms with Crippen LogP contribution < -0.4 is 4.90 Å². The molecule has 1 atom stereocenters. The van der Waals surface area contributed by atoms with Gasteiger partial charge in [-0.1, -0.05) is 0 Å². The minimum Gasteiger partial charge on any atom is -0.286 e. The molecule has 0 aliphatic carbocycles. The van der Waals surface area contributed by atoms with Crippen molar-refractivity contribution in [2.75, 3.05) is 4.90 Å². The number of halogens is 1. The molecular weight excluding hydrogens is 245 g/mol. The first-order chi connectivity index (χ1) is 9.22. The van der Waals surface area contributed by atoms with Gasteiger partial charge in [-0.15, -0.1) is 0 Å². The highest BCUT2D eigenvalue weighted by atomic mass is 19.1. The molecule has 0 N–H and O–H groups in total. The first-order valence-corrected chi connectivity index (χ1v) is 5.65. The molecule has 2 heterocycles. The summed E-state index contributed by atoms with van der Waals surface area (Å²) in [6, 6.07) is 8.46. The van der Waals surface area contributed by atoms with Gasteiger partial charge in [0.05, 0.1) is 18.0 Å². The van der Waals surface area contributed by atoms with E-state index in [-0.39, 0.29) is 5.91 Å². The average Bonchev–Trinajstić information content (AvgIpc) is 2.71. The predicted octanol–water partition coefficient (Wildman–Crippen LogP) is 2.45. The number of nitrogens with zero attached hydrogens (tertiary/aromatic N) is 3. The van der Waals surface area contributed by atoms with Crippen molar-refractivity contribution in [1.82, 2.24) is 4.98 Å². The highest BCUT2D eigenvalue weighted by Crippen LogP contribution is 2.36. The molecule has 0 saturated heterocycles. The molecule has 5 heteroatoms. The van der Waals surface area contributed by atoms with Crippen LogP contribution >= 0.6 is 0 Å². The number of carbonyl (C=O) groups is 1. The Morgan fingerprint density at radius 1 is 1.37 bits per heavy atom. The van der Waals surface area contributed by atoms with Crippen molar-refractivity contribution < 1.29 is 9.18 Å². The number of carbonyl (C=O) groups excluding carboxylic acids is 1.